The third-order valence-corrected chi connectivity index (χ3v) is 7.71. The molecule has 9 heteroatoms. The summed E-state index contributed by atoms with van der Waals surface area (Å²) in [5.41, 5.74) is 1.67. The van der Waals surface area contributed by atoms with Crippen LogP contribution in [-0.4, -0.2) is 57.2 Å². The van der Waals surface area contributed by atoms with Crippen LogP contribution in [0, 0.1) is 12.7 Å². The number of morpholine rings is 1. The van der Waals surface area contributed by atoms with Crippen LogP contribution < -0.4 is 5.32 Å². The summed E-state index contributed by atoms with van der Waals surface area (Å²) in [5.74, 6) is 0.584. The Morgan fingerprint density at radius 1 is 1.20 bits per heavy atom. The van der Waals surface area contributed by atoms with Gasteiger partial charge in [-0.2, -0.15) is 16.1 Å². The molecule has 30 heavy (non-hydrogen) atoms. The molecule has 162 valence electrons. The second-order valence-corrected chi connectivity index (χ2v) is 9.94. The first-order valence-corrected chi connectivity index (χ1v) is 12.3. The third kappa shape index (κ3) is 5.60. The van der Waals surface area contributed by atoms with E-state index < -0.39 is 10.0 Å². The number of carbonyl (C=O) groups excluding carboxylic acids is 1. The second kappa shape index (κ2) is 10.4. The summed E-state index contributed by atoms with van der Waals surface area (Å²) in [6.07, 6.45) is 0. The number of nitrogens with zero attached hydrogens (tertiary/aromatic N) is 1. The first-order valence-electron chi connectivity index (χ1n) is 9.67. The topological polar surface area (TPSA) is 75.7 Å². The van der Waals surface area contributed by atoms with E-state index in [2.05, 4.69) is 5.32 Å². The largest absolute Gasteiger partial charge is 0.379 e. The zero-order valence-electron chi connectivity index (χ0n) is 16.8. The average molecular weight is 453 g/mol. The van der Waals surface area contributed by atoms with Gasteiger partial charge >= 0.3 is 0 Å². The smallest absolute Gasteiger partial charge is 0.251 e. The van der Waals surface area contributed by atoms with E-state index in [-0.39, 0.29) is 16.6 Å². The van der Waals surface area contributed by atoms with Gasteiger partial charge in [-0.1, -0.05) is 24.3 Å². The van der Waals surface area contributed by atoms with Gasteiger partial charge in [-0.15, -0.1) is 0 Å². The molecular weight excluding hydrogens is 427 g/mol. The number of rotatable bonds is 8. The van der Waals surface area contributed by atoms with E-state index in [1.54, 1.807) is 31.2 Å². The molecule has 1 heterocycles. The highest BCUT2D eigenvalue weighted by Crippen LogP contribution is 2.21. The number of carbonyl (C=O) groups is 1. The van der Waals surface area contributed by atoms with Crippen LogP contribution >= 0.6 is 11.8 Å². The summed E-state index contributed by atoms with van der Waals surface area (Å²) in [6, 6.07) is 11.2. The highest BCUT2D eigenvalue weighted by Gasteiger charge is 2.27. The van der Waals surface area contributed by atoms with Crippen LogP contribution in [0.1, 0.15) is 21.5 Å². The Morgan fingerprint density at radius 2 is 1.93 bits per heavy atom. The van der Waals surface area contributed by atoms with E-state index in [0.29, 0.717) is 61.0 Å². The Hall–Kier alpha value is -1.94. The molecule has 0 radical (unpaired) electrons. The Kier molecular flexibility index (Phi) is 7.87. The van der Waals surface area contributed by atoms with E-state index in [4.69, 9.17) is 4.74 Å². The maximum absolute atomic E-state index is 13.6. The summed E-state index contributed by atoms with van der Waals surface area (Å²) >= 11 is 1.52. The van der Waals surface area contributed by atoms with Gasteiger partial charge in [0.2, 0.25) is 10.0 Å². The van der Waals surface area contributed by atoms with Crippen LogP contribution in [0.3, 0.4) is 0 Å². The molecule has 0 spiro atoms. The van der Waals surface area contributed by atoms with Gasteiger partial charge in [0.25, 0.3) is 5.91 Å². The average Bonchev–Trinajstić information content (AvgIpc) is 2.75. The van der Waals surface area contributed by atoms with E-state index in [0.717, 1.165) is 0 Å². The molecule has 1 aliphatic rings. The van der Waals surface area contributed by atoms with E-state index in [1.807, 2.05) is 0 Å². The summed E-state index contributed by atoms with van der Waals surface area (Å²) in [7, 11) is -3.66. The number of benzene rings is 2. The molecule has 1 fully saturated rings. The third-order valence-electron chi connectivity index (χ3n) is 4.81. The van der Waals surface area contributed by atoms with Gasteiger partial charge in [-0.25, -0.2) is 12.8 Å². The Bertz CT molecular complexity index is 992. The zero-order valence-corrected chi connectivity index (χ0v) is 18.4. The molecule has 0 atom stereocenters. The summed E-state index contributed by atoms with van der Waals surface area (Å²) < 4.78 is 45.9. The molecular formula is C21H25FN2O4S2. The number of ether oxygens (including phenoxy) is 1. The SMILES string of the molecule is Cc1ccc(S(=O)(=O)N2CCOCC2)cc1C(=O)NCCSCc1ccccc1F. The summed E-state index contributed by atoms with van der Waals surface area (Å²) in [5, 5.41) is 2.82. The summed E-state index contributed by atoms with van der Waals surface area (Å²) in [4.78, 5) is 12.7. The zero-order chi connectivity index (χ0) is 21.6. The van der Waals surface area contributed by atoms with Gasteiger partial charge in [0.1, 0.15) is 5.82 Å². The van der Waals surface area contributed by atoms with Gasteiger partial charge in [0.15, 0.2) is 0 Å². The number of nitrogens with one attached hydrogen (secondary N) is 1. The fraction of sp³-hybridized carbons (Fsp3) is 0.381. The van der Waals surface area contributed by atoms with Gasteiger partial charge < -0.3 is 10.1 Å². The predicted octanol–water partition coefficient (Wildman–Crippen LogP) is 2.82. The molecule has 0 aromatic heterocycles. The first kappa shape index (κ1) is 22.7. The number of hydrogen-bond donors (Lipinski definition) is 1. The van der Waals surface area contributed by atoms with E-state index >= 15 is 0 Å². The van der Waals surface area contributed by atoms with Crippen molar-refractivity contribution in [1.29, 1.82) is 0 Å². The van der Waals surface area contributed by atoms with Gasteiger partial charge in [0, 0.05) is 36.7 Å². The van der Waals surface area contributed by atoms with Crippen LogP contribution in [0.4, 0.5) is 4.39 Å². The van der Waals surface area contributed by atoms with Gasteiger partial charge in [-0.3, -0.25) is 4.79 Å². The van der Waals surface area contributed by atoms with Crippen molar-refractivity contribution in [3.8, 4) is 0 Å². The van der Waals surface area contributed by atoms with Crippen molar-refractivity contribution >= 4 is 27.7 Å². The molecule has 6 nitrogen and oxygen atoms in total. The lowest BCUT2D eigenvalue weighted by atomic mass is 10.1. The molecule has 1 amide bonds. The number of thioether (sulfide) groups is 1. The molecule has 0 bridgehead atoms. The molecule has 3 rings (SSSR count). The van der Waals surface area contributed by atoms with Gasteiger partial charge in [-0.05, 0) is 36.2 Å². The molecule has 0 saturated carbocycles. The predicted molar refractivity (Wildman–Crippen MR) is 116 cm³/mol. The molecule has 0 unspecified atom stereocenters. The Morgan fingerprint density at radius 3 is 2.67 bits per heavy atom. The minimum atomic E-state index is -3.66. The quantitative estimate of drug-likeness (QED) is 0.624. The van der Waals surface area contributed by atoms with E-state index in [9.17, 15) is 17.6 Å². The van der Waals surface area contributed by atoms with Crippen LogP contribution in [0.2, 0.25) is 0 Å². The standard InChI is InChI=1S/C21H25FN2O4S2/c1-16-6-7-18(30(26,27)24-9-11-28-12-10-24)14-19(16)21(25)23-8-13-29-15-17-4-2-3-5-20(17)22/h2-7,14H,8-13,15H2,1H3,(H,23,25). The fourth-order valence-corrected chi connectivity index (χ4v) is 5.35. The number of sulfonamides is 1. The monoisotopic (exact) mass is 452 g/mol. The van der Waals surface area contributed by atoms with Crippen molar-refractivity contribution in [3.63, 3.8) is 0 Å². The maximum Gasteiger partial charge on any atom is 0.251 e. The maximum atomic E-state index is 13.6. The lowest BCUT2D eigenvalue weighted by Crippen LogP contribution is -2.40. The van der Waals surface area contributed by atoms with Crippen molar-refractivity contribution < 1.29 is 22.3 Å². The van der Waals surface area contributed by atoms with Crippen molar-refractivity contribution in [1.82, 2.24) is 9.62 Å². The number of aryl methyl sites for hydroxylation is 1. The second-order valence-electron chi connectivity index (χ2n) is 6.89. The van der Waals surface area contributed by atoms with Crippen molar-refractivity contribution in [2.75, 3.05) is 38.6 Å². The molecule has 1 aliphatic heterocycles. The van der Waals surface area contributed by atoms with Crippen LogP contribution in [0.25, 0.3) is 0 Å². The van der Waals surface area contributed by atoms with Crippen LogP contribution in [0.5, 0.6) is 0 Å². The number of amides is 1. The molecule has 2 aromatic carbocycles. The normalized spacial score (nSPS) is 15.1. The summed E-state index contributed by atoms with van der Waals surface area (Å²) in [6.45, 7) is 3.50. The number of hydrogen-bond acceptors (Lipinski definition) is 5. The fourth-order valence-electron chi connectivity index (χ4n) is 3.07. The Balaban J connectivity index is 1.57. The highest BCUT2D eigenvalue weighted by atomic mass is 32.2. The van der Waals surface area contributed by atoms with Crippen molar-refractivity contribution in [3.05, 3.63) is 65.0 Å². The molecule has 0 aliphatic carbocycles. The molecule has 2 aromatic rings. The lowest BCUT2D eigenvalue weighted by Gasteiger charge is -2.26. The van der Waals surface area contributed by atoms with Crippen LogP contribution in [0.15, 0.2) is 47.4 Å². The van der Waals surface area contributed by atoms with Gasteiger partial charge in [0.05, 0.1) is 18.1 Å². The minimum absolute atomic E-state index is 0.106. The minimum Gasteiger partial charge on any atom is -0.379 e. The van der Waals surface area contributed by atoms with Crippen molar-refractivity contribution in [2.45, 2.75) is 17.6 Å². The number of halogens is 1. The molecule has 1 N–H and O–H groups in total. The molecule has 1 saturated heterocycles. The van der Waals surface area contributed by atoms with E-state index in [1.165, 1.54) is 34.3 Å². The highest BCUT2D eigenvalue weighted by molar-refractivity contribution is 7.98. The Labute approximate surface area is 180 Å². The van der Waals surface area contributed by atoms with Crippen molar-refractivity contribution in [2.24, 2.45) is 0 Å². The first-order chi connectivity index (χ1) is 14.4. The van der Waals surface area contributed by atoms with Crippen LogP contribution in [-0.2, 0) is 20.5 Å². The lowest BCUT2D eigenvalue weighted by molar-refractivity contribution is 0.0730.